The summed E-state index contributed by atoms with van der Waals surface area (Å²) < 4.78 is 5.68. The summed E-state index contributed by atoms with van der Waals surface area (Å²) in [6.07, 6.45) is 3.38. The highest BCUT2D eigenvalue weighted by Gasteiger charge is 2.07. The largest absolute Gasteiger partial charge is 0.491 e. The molecule has 0 atom stereocenters. The zero-order valence-corrected chi connectivity index (χ0v) is 17.3. The van der Waals surface area contributed by atoms with Gasteiger partial charge in [0.2, 0.25) is 5.91 Å². The van der Waals surface area contributed by atoms with E-state index in [1.807, 2.05) is 43.5 Å². The SMILES string of the molecule is Cc1ccc(-c2csc(NC(=O)/C=C/c3cccc(OC(C)C)c3)n2)cc1C. The number of carbonyl (C=O) groups excluding carboxylic acids is 1. The van der Waals surface area contributed by atoms with Gasteiger partial charge in [-0.3, -0.25) is 10.1 Å². The maximum Gasteiger partial charge on any atom is 0.250 e. The van der Waals surface area contributed by atoms with Crippen molar-refractivity contribution in [2.75, 3.05) is 5.32 Å². The smallest absolute Gasteiger partial charge is 0.250 e. The molecule has 0 aliphatic rings. The van der Waals surface area contributed by atoms with Crippen LogP contribution in [0.5, 0.6) is 5.75 Å². The van der Waals surface area contributed by atoms with E-state index in [2.05, 4.69) is 42.3 Å². The maximum atomic E-state index is 12.2. The molecule has 144 valence electrons. The van der Waals surface area contributed by atoms with Gasteiger partial charge in [0, 0.05) is 17.0 Å². The first-order chi connectivity index (χ1) is 13.4. The van der Waals surface area contributed by atoms with E-state index in [1.54, 1.807) is 6.08 Å². The van der Waals surface area contributed by atoms with E-state index in [0.29, 0.717) is 5.13 Å². The van der Waals surface area contributed by atoms with Crippen molar-refractivity contribution in [1.29, 1.82) is 0 Å². The highest BCUT2D eigenvalue weighted by atomic mass is 32.1. The van der Waals surface area contributed by atoms with Gasteiger partial charge in [-0.2, -0.15) is 0 Å². The van der Waals surface area contributed by atoms with Gasteiger partial charge in [0.05, 0.1) is 11.8 Å². The Kier molecular flexibility index (Phi) is 6.26. The second kappa shape index (κ2) is 8.85. The van der Waals surface area contributed by atoms with Crippen LogP contribution in [0, 0.1) is 13.8 Å². The zero-order chi connectivity index (χ0) is 20.1. The molecule has 0 saturated carbocycles. The van der Waals surface area contributed by atoms with E-state index < -0.39 is 0 Å². The van der Waals surface area contributed by atoms with Gasteiger partial charge in [0.15, 0.2) is 5.13 Å². The summed E-state index contributed by atoms with van der Waals surface area (Å²) in [6, 6.07) is 13.9. The van der Waals surface area contributed by atoms with Crippen LogP contribution in [0.3, 0.4) is 0 Å². The van der Waals surface area contributed by atoms with Gasteiger partial charge in [-0.05, 0) is 68.7 Å². The molecule has 0 saturated heterocycles. The van der Waals surface area contributed by atoms with Crippen molar-refractivity contribution in [3.8, 4) is 17.0 Å². The van der Waals surface area contributed by atoms with Gasteiger partial charge in [-0.25, -0.2) is 4.98 Å². The second-order valence-corrected chi connectivity index (χ2v) is 7.76. The van der Waals surface area contributed by atoms with Crippen molar-refractivity contribution >= 4 is 28.5 Å². The van der Waals surface area contributed by atoms with Crippen LogP contribution in [0.2, 0.25) is 0 Å². The van der Waals surface area contributed by atoms with Crippen molar-refractivity contribution in [3.63, 3.8) is 0 Å². The third-order valence-electron chi connectivity index (χ3n) is 4.19. The van der Waals surface area contributed by atoms with E-state index in [1.165, 1.54) is 28.5 Å². The molecule has 1 amide bonds. The fourth-order valence-electron chi connectivity index (χ4n) is 2.65. The quantitative estimate of drug-likeness (QED) is 0.534. The Morgan fingerprint density at radius 1 is 1.14 bits per heavy atom. The number of carbonyl (C=O) groups is 1. The number of aromatic nitrogens is 1. The first-order valence-electron chi connectivity index (χ1n) is 9.19. The van der Waals surface area contributed by atoms with E-state index >= 15 is 0 Å². The topological polar surface area (TPSA) is 51.2 Å². The van der Waals surface area contributed by atoms with Gasteiger partial charge >= 0.3 is 0 Å². The minimum Gasteiger partial charge on any atom is -0.491 e. The molecule has 0 bridgehead atoms. The van der Waals surface area contributed by atoms with Crippen molar-refractivity contribution in [3.05, 3.63) is 70.6 Å². The molecule has 0 spiro atoms. The summed E-state index contributed by atoms with van der Waals surface area (Å²) >= 11 is 1.42. The molecule has 0 unspecified atom stereocenters. The minimum absolute atomic E-state index is 0.110. The van der Waals surface area contributed by atoms with E-state index in [4.69, 9.17) is 4.74 Å². The molecule has 0 fully saturated rings. The number of anilines is 1. The van der Waals surface area contributed by atoms with Crippen LogP contribution >= 0.6 is 11.3 Å². The second-order valence-electron chi connectivity index (χ2n) is 6.90. The lowest BCUT2D eigenvalue weighted by Gasteiger charge is -2.09. The lowest BCUT2D eigenvalue weighted by molar-refractivity contribution is -0.111. The van der Waals surface area contributed by atoms with Gasteiger partial charge in [0.25, 0.3) is 0 Å². The van der Waals surface area contributed by atoms with Crippen molar-refractivity contribution in [2.45, 2.75) is 33.8 Å². The molecule has 1 aromatic heterocycles. The van der Waals surface area contributed by atoms with Crippen molar-refractivity contribution in [1.82, 2.24) is 4.98 Å². The molecule has 0 radical (unpaired) electrons. The van der Waals surface area contributed by atoms with Crippen molar-refractivity contribution < 1.29 is 9.53 Å². The molecular formula is C23H24N2O2S. The first kappa shape index (κ1) is 19.8. The minimum atomic E-state index is -0.212. The average Bonchev–Trinajstić information content (AvgIpc) is 3.10. The Bertz CT molecular complexity index is 1010. The lowest BCUT2D eigenvalue weighted by atomic mass is 10.1. The van der Waals surface area contributed by atoms with Crippen LogP contribution in [0.15, 0.2) is 53.9 Å². The lowest BCUT2D eigenvalue weighted by Crippen LogP contribution is -2.07. The fourth-order valence-corrected chi connectivity index (χ4v) is 3.37. The van der Waals surface area contributed by atoms with Crippen LogP contribution in [0.1, 0.15) is 30.5 Å². The molecule has 2 aromatic carbocycles. The third kappa shape index (κ3) is 5.30. The number of hydrogen-bond acceptors (Lipinski definition) is 4. The van der Waals surface area contributed by atoms with Crippen LogP contribution in [-0.2, 0) is 4.79 Å². The molecule has 3 aromatic rings. The average molecular weight is 393 g/mol. The van der Waals surface area contributed by atoms with E-state index in [0.717, 1.165) is 22.6 Å². The van der Waals surface area contributed by atoms with Gasteiger partial charge in [0.1, 0.15) is 5.75 Å². The predicted octanol–water partition coefficient (Wildman–Crippen LogP) is 5.87. The zero-order valence-electron chi connectivity index (χ0n) is 16.5. The van der Waals surface area contributed by atoms with Crippen LogP contribution in [0.4, 0.5) is 5.13 Å². The summed E-state index contributed by atoms with van der Waals surface area (Å²) in [5.74, 6) is 0.576. The Balaban J connectivity index is 1.64. The Hall–Kier alpha value is -2.92. The number of thiazole rings is 1. The monoisotopic (exact) mass is 392 g/mol. The molecule has 4 nitrogen and oxygen atoms in total. The number of benzene rings is 2. The number of aryl methyl sites for hydroxylation is 2. The number of amides is 1. The maximum absolute atomic E-state index is 12.2. The number of hydrogen-bond donors (Lipinski definition) is 1. The third-order valence-corrected chi connectivity index (χ3v) is 4.95. The summed E-state index contributed by atoms with van der Waals surface area (Å²) in [5, 5.41) is 5.36. The van der Waals surface area contributed by atoms with E-state index in [-0.39, 0.29) is 12.0 Å². The molecule has 1 N–H and O–H groups in total. The summed E-state index contributed by atoms with van der Waals surface area (Å²) in [7, 11) is 0. The Morgan fingerprint density at radius 3 is 2.71 bits per heavy atom. The Labute approximate surface area is 169 Å². The summed E-state index contributed by atoms with van der Waals surface area (Å²) in [6.45, 7) is 8.13. The highest BCUT2D eigenvalue weighted by molar-refractivity contribution is 7.14. The summed E-state index contributed by atoms with van der Waals surface area (Å²) in [4.78, 5) is 16.8. The predicted molar refractivity (Wildman–Crippen MR) is 117 cm³/mol. The molecule has 0 aliphatic carbocycles. The van der Waals surface area contributed by atoms with Gasteiger partial charge in [-0.1, -0.05) is 24.3 Å². The van der Waals surface area contributed by atoms with Crippen LogP contribution in [-0.4, -0.2) is 17.0 Å². The summed E-state index contributed by atoms with van der Waals surface area (Å²) in [5.41, 5.74) is 5.30. The molecular weight excluding hydrogens is 368 g/mol. The fraction of sp³-hybridized carbons (Fsp3) is 0.217. The number of ether oxygens (including phenoxy) is 1. The van der Waals surface area contributed by atoms with Crippen molar-refractivity contribution in [2.24, 2.45) is 0 Å². The normalized spacial score (nSPS) is 11.2. The number of nitrogens with one attached hydrogen (secondary N) is 1. The van der Waals surface area contributed by atoms with Crippen LogP contribution < -0.4 is 10.1 Å². The first-order valence-corrected chi connectivity index (χ1v) is 10.1. The standard InChI is InChI=1S/C23H24N2O2S/c1-15(2)27-20-7-5-6-18(13-20)9-11-22(26)25-23-24-21(14-28-23)19-10-8-16(3)17(4)12-19/h5-15H,1-4H3,(H,24,25,26)/b11-9+. The molecule has 1 heterocycles. The molecule has 0 aliphatic heterocycles. The molecule has 3 rings (SSSR count). The number of nitrogens with zero attached hydrogens (tertiary/aromatic N) is 1. The molecule has 5 heteroatoms. The number of rotatable bonds is 6. The highest BCUT2D eigenvalue weighted by Crippen LogP contribution is 2.26. The van der Waals surface area contributed by atoms with Gasteiger partial charge < -0.3 is 4.74 Å². The molecule has 28 heavy (non-hydrogen) atoms. The van der Waals surface area contributed by atoms with E-state index in [9.17, 15) is 4.79 Å². The van der Waals surface area contributed by atoms with Gasteiger partial charge in [-0.15, -0.1) is 11.3 Å². The van der Waals surface area contributed by atoms with Crippen LogP contribution in [0.25, 0.3) is 17.3 Å². The Morgan fingerprint density at radius 2 is 1.96 bits per heavy atom.